The Balaban J connectivity index is 2.86. The highest BCUT2D eigenvalue weighted by atomic mass is 79.9. The topological polar surface area (TPSA) is 26.0 Å². The monoisotopic (exact) mass is 197 g/mol. The molecule has 0 bridgehead atoms. The molecule has 0 aliphatic heterocycles. The van der Waals surface area contributed by atoms with Crippen LogP contribution in [0.2, 0.25) is 0 Å². The van der Waals surface area contributed by atoms with Gasteiger partial charge in [-0.1, -0.05) is 21.1 Å². The van der Waals surface area contributed by atoms with Crippen LogP contribution in [0.15, 0.2) is 33.5 Å². The number of fused-ring (bicyclic) bond motifs is 1. The van der Waals surface area contributed by atoms with Crippen molar-refractivity contribution in [3.8, 4) is 0 Å². The number of hydrogen-bond acceptors (Lipinski definition) is 2. The molecule has 0 saturated heterocycles. The zero-order chi connectivity index (χ0) is 6.97. The van der Waals surface area contributed by atoms with E-state index in [1.807, 2.05) is 18.2 Å². The van der Waals surface area contributed by atoms with Crippen molar-refractivity contribution in [3.63, 3.8) is 0 Å². The SMILES string of the molecule is Brc1ccc2conc2c1. The van der Waals surface area contributed by atoms with Crippen molar-refractivity contribution in [2.24, 2.45) is 0 Å². The lowest BCUT2D eigenvalue weighted by Crippen LogP contribution is -1.66. The molecule has 1 aromatic heterocycles. The molecule has 3 heteroatoms. The third-order valence-electron chi connectivity index (χ3n) is 1.32. The summed E-state index contributed by atoms with van der Waals surface area (Å²) in [5.41, 5.74) is 0.884. The summed E-state index contributed by atoms with van der Waals surface area (Å²) in [5, 5.41) is 4.81. The Bertz CT molecular complexity index is 355. The normalized spacial score (nSPS) is 10.5. The summed E-state index contributed by atoms with van der Waals surface area (Å²) < 4.78 is 5.77. The molecule has 0 atom stereocenters. The summed E-state index contributed by atoms with van der Waals surface area (Å²) in [7, 11) is 0. The van der Waals surface area contributed by atoms with E-state index in [0.29, 0.717) is 0 Å². The summed E-state index contributed by atoms with van der Waals surface area (Å²) >= 11 is 3.34. The second kappa shape index (κ2) is 2.09. The highest BCUT2D eigenvalue weighted by molar-refractivity contribution is 9.10. The van der Waals surface area contributed by atoms with Crippen molar-refractivity contribution in [3.05, 3.63) is 28.9 Å². The number of hydrogen-bond donors (Lipinski definition) is 0. The van der Waals surface area contributed by atoms with Crippen LogP contribution < -0.4 is 0 Å². The summed E-state index contributed by atoms with van der Waals surface area (Å²) in [4.78, 5) is 0. The quantitative estimate of drug-likeness (QED) is 0.650. The van der Waals surface area contributed by atoms with Crippen molar-refractivity contribution >= 4 is 26.8 Å². The van der Waals surface area contributed by atoms with Gasteiger partial charge in [0.25, 0.3) is 0 Å². The fourth-order valence-corrected chi connectivity index (χ4v) is 1.18. The van der Waals surface area contributed by atoms with E-state index in [4.69, 9.17) is 4.52 Å². The average Bonchev–Trinajstić information content (AvgIpc) is 2.33. The fraction of sp³-hybridized carbons (Fsp3) is 0. The minimum Gasteiger partial charge on any atom is -0.364 e. The molecule has 0 amide bonds. The average molecular weight is 198 g/mol. The van der Waals surface area contributed by atoms with Crippen LogP contribution in [0, 0.1) is 0 Å². The van der Waals surface area contributed by atoms with Gasteiger partial charge >= 0.3 is 0 Å². The number of aromatic nitrogens is 1. The predicted octanol–water partition coefficient (Wildman–Crippen LogP) is 2.59. The molecule has 2 nitrogen and oxygen atoms in total. The number of nitrogens with zero attached hydrogens (tertiary/aromatic N) is 1. The maximum Gasteiger partial charge on any atom is 0.131 e. The lowest BCUT2D eigenvalue weighted by molar-refractivity contribution is 0.428. The van der Waals surface area contributed by atoms with Gasteiger partial charge in [-0.2, -0.15) is 0 Å². The standard InChI is InChI=1S/C7H4BrNO/c8-6-2-1-5-4-10-9-7(5)3-6/h1-4H. The van der Waals surface area contributed by atoms with E-state index < -0.39 is 0 Å². The summed E-state index contributed by atoms with van der Waals surface area (Å²) in [5.74, 6) is 0. The van der Waals surface area contributed by atoms with Crippen LogP contribution in [0.4, 0.5) is 0 Å². The fourth-order valence-electron chi connectivity index (χ4n) is 0.835. The van der Waals surface area contributed by atoms with Gasteiger partial charge in [0.15, 0.2) is 0 Å². The summed E-state index contributed by atoms with van der Waals surface area (Å²) in [6.45, 7) is 0. The first kappa shape index (κ1) is 5.92. The number of halogens is 1. The Morgan fingerprint density at radius 2 is 2.30 bits per heavy atom. The molecule has 0 spiro atoms. The van der Waals surface area contributed by atoms with Crippen molar-refractivity contribution in [2.45, 2.75) is 0 Å². The van der Waals surface area contributed by atoms with Crippen LogP contribution in [0.25, 0.3) is 10.9 Å². The largest absolute Gasteiger partial charge is 0.364 e. The van der Waals surface area contributed by atoms with Crippen LogP contribution in [-0.2, 0) is 0 Å². The molecular weight excluding hydrogens is 194 g/mol. The van der Waals surface area contributed by atoms with E-state index in [2.05, 4.69) is 21.1 Å². The lowest BCUT2D eigenvalue weighted by Gasteiger charge is -1.85. The van der Waals surface area contributed by atoms with Gasteiger partial charge in [-0.15, -0.1) is 0 Å². The van der Waals surface area contributed by atoms with Gasteiger partial charge in [-0.3, -0.25) is 0 Å². The van der Waals surface area contributed by atoms with Gasteiger partial charge in [0.2, 0.25) is 0 Å². The molecule has 0 aliphatic carbocycles. The first-order chi connectivity index (χ1) is 4.86. The Kier molecular flexibility index (Phi) is 1.24. The van der Waals surface area contributed by atoms with Crippen LogP contribution in [0.3, 0.4) is 0 Å². The minimum atomic E-state index is 0.884. The van der Waals surface area contributed by atoms with Crippen molar-refractivity contribution in [1.29, 1.82) is 0 Å². The third-order valence-corrected chi connectivity index (χ3v) is 1.82. The van der Waals surface area contributed by atoms with Gasteiger partial charge in [-0.05, 0) is 18.2 Å². The van der Waals surface area contributed by atoms with Gasteiger partial charge in [0.05, 0.1) is 0 Å². The van der Waals surface area contributed by atoms with E-state index >= 15 is 0 Å². The molecule has 0 radical (unpaired) electrons. The smallest absolute Gasteiger partial charge is 0.131 e. The summed E-state index contributed by atoms with van der Waals surface area (Å²) in [6.07, 6.45) is 1.63. The van der Waals surface area contributed by atoms with Gasteiger partial charge in [0, 0.05) is 9.86 Å². The lowest BCUT2D eigenvalue weighted by atomic mass is 10.3. The zero-order valence-corrected chi connectivity index (χ0v) is 6.63. The first-order valence-electron chi connectivity index (χ1n) is 2.86. The van der Waals surface area contributed by atoms with Crippen LogP contribution >= 0.6 is 15.9 Å². The Morgan fingerprint density at radius 1 is 1.40 bits per heavy atom. The van der Waals surface area contributed by atoms with Crippen molar-refractivity contribution in [2.75, 3.05) is 0 Å². The Morgan fingerprint density at radius 3 is 3.20 bits per heavy atom. The second-order valence-corrected chi connectivity index (χ2v) is 2.93. The molecule has 2 aromatic rings. The Hall–Kier alpha value is -0.830. The molecule has 0 aliphatic rings. The summed E-state index contributed by atoms with van der Waals surface area (Å²) in [6, 6.07) is 5.83. The maximum atomic E-state index is 4.75. The molecule has 0 unspecified atom stereocenters. The van der Waals surface area contributed by atoms with Gasteiger partial charge in [-0.25, -0.2) is 0 Å². The van der Waals surface area contributed by atoms with Crippen LogP contribution in [0.5, 0.6) is 0 Å². The molecule has 0 saturated carbocycles. The molecule has 1 heterocycles. The zero-order valence-electron chi connectivity index (χ0n) is 5.04. The molecule has 2 rings (SSSR count). The minimum absolute atomic E-state index is 0.884. The second-order valence-electron chi connectivity index (χ2n) is 2.02. The maximum absolute atomic E-state index is 4.75. The van der Waals surface area contributed by atoms with E-state index in [9.17, 15) is 0 Å². The molecule has 1 aromatic carbocycles. The first-order valence-corrected chi connectivity index (χ1v) is 3.65. The molecule has 10 heavy (non-hydrogen) atoms. The molecule has 0 N–H and O–H groups in total. The molecule has 50 valence electrons. The van der Waals surface area contributed by atoms with Gasteiger partial charge in [0.1, 0.15) is 11.8 Å². The van der Waals surface area contributed by atoms with Crippen molar-refractivity contribution in [1.82, 2.24) is 5.16 Å². The van der Waals surface area contributed by atoms with Crippen LogP contribution in [-0.4, -0.2) is 5.16 Å². The Labute approximate surface area is 65.9 Å². The number of benzene rings is 1. The van der Waals surface area contributed by atoms with Gasteiger partial charge < -0.3 is 4.52 Å². The molecular formula is C7H4BrNO. The highest BCUT2D eigenvalue weighted by Crippen LogP contribution is 2.17. The molecule has 0 fully saturated rings. The van der Waals surface area contributed by atoms with Crippen molar-refractivity contribution < 1.29 is 4.52 Å². The highest BCUT2D eigenvalue weighted by Gasteiger charge is 1.95. The third kappa shape index (κ3) is 0.827. The number of rotatable bonds is 0. The van der Waals surface area contributed by atoms with E-state index in [0.717, 1.165) is 15.4 Å². The van der Waals surface area contributed by atoms with E-state index in [1.165, 1.54) is 0 Å². The van der Waals surface area contributed by atoms with E-state index in [-0.39, 0.29) is 0 Å². The van der Waals surface area contributed by atoms with Crippen LogP contribution in [0.1, 0.15) is 0 Å². The predicted molar refractivity (Wildman–Crippen MR) is 41.7 cm³/mol. The van der Waals surface area contributed by atoms with E-state index in [1.54, 1.807) is 6.26 Å².